The summed E-state index contributed by atoms with van der Waals surface area (Å²) in [5.41, 5.74) is 1.64. The van der Waals surface area contributed by atoms with Crippen LogP contribution in [0.1, 0.15) is 23.7 Å². The summed E-state index contributed by atoms with van der Waals surface area (Å²) >= 11 is 0. The molecule has 1 N–H and O–H groups in total. The number of nitrogens with one attached hydrogen (secondary N) is 1. The maximum Gasteiger partial charge on any atom is 0.341 e. The van der Waals surface area contributed by atoms with Crippen LogP contribution in [0.15, 0.2) is 54.6 Å². The highest BCUT2D eigenvalue weighted by molar-refractivity contribution is 6.00. The van der Waals surface area contributed by atoms with Crippen LogP contribution in [0.4, 0.5) is 11.4 Å². The van der Waals surface area contributed by atoms with Crippen LogP contribution in [0, 0.1) is 11.3 Å². The van der Waals surface area contributed by atoms with Gasteiger partial charge in [-0.1, -0.05) is 30.3 Å². The van der Waals surface area contributed by atoms with Crippen molar-refractivity contribution in [2.75, 3.05) is 23.8 Å². The van der Waals surface area contributed by atoms with Crippen molar-refractivity contribution < 1.29 is 14.3 Å². The number of carbonyl (C=O) groups excluding carboxylic acids is 2. The Bertz CT molecular complexity index is 799. The molecular formula is C20H21N3O3. The van der Waals surface area contributed by atoms with Crippen LogP contribution < -0.4 is 10.2 Å². The second kappa shape index (κ2) is 9.23. The Kier molecular flexibility index (Phi) is 6.75. The molecule has 2 aromatic carbocycles. The first kappa shape index (κ1) is 19.0. The second-order valence-electron chi connectivity index (χ2n) is 5.58. The number of esters is 1. The molecule has 0 saturated heterocycles. The standard InChI is InChI=1S/C20H21N3O3/c1-15(26-20(25)17-11-6-7-12-18(17)22-2)19(24)23(14-8-13-21)16-9-4-3-5-10-16/h3-7,9-12,15,22H,8,14H2,1-2H3. The van der Waals surface area contributed by atoms with E-state index in [4.69, 9.17) is 10.00 Å². The summed E-state index contributed by atoms with van der Waals surface area (Å²) in [4.78, 5) is 26.7. The molecule has 134 valence electrons. The van der Waals surface area contributed by atoms with Gasteiger partial charge in [-0.15, -0.1) is 0 Å². The van der Waals surface area contributed by atoms with Crippen LogP contribution in [-0.4, -0.2) is 31.6 Å². The van der Waals surface area contributed by atoms with Crippen LogP contribution in [-0.2, 0) is 9.53 Å². The van der Waals surface area contributed by atoms with E-state index in [-0.39, 0.29) is 18.9 Å². The molecular weight excluding hydrogens is 330 g/mol. The Balaban J connectivity index is 2.15. The predicted octanol–water partition coefficient (Wildman–Crippen LogP) is 3.22. The molecule has 0 spiro atoms. The molecule has 1 atom stereocenters. The summed E-state index contributed by atoms with van der Waals surface area (Å²) in [6.45, 7) is 1.76. The van der Waals surface area contributed by atoms with E-state index in [9.17, 15) is 9.59 Å². The molecule has 0 aliphatic carbocycles. The largest absolute Gasteiger partial charge is 0.449 e. The Morgan fingerprint density at radius 2 is 1.81 bits per heavy atom. The zero-order valence-corrected chi connectivity index (χ0v) is 14.8. The highest BCUT2D eigenvalue weighted by atomic mass is 16.5. The quantitative estimate of drug-likeness (QED) is 0.775. The Morgan fingerprint density at radius 1 is 1.15 bits per heavy atom. The molecule has 0 heterocycles. The molecule has 6 heteroatoms. The number of ether oxygens (including phenoxy) is 1. The number of nitriles is 1. The first-order valence-electron chi connectivity index (χ1n) is 8.29. The van der Waals surface area contributed by atoms with E-state index >= 15 is 0 Å². The van der Waals surface area contributed by atoms with Gasteiger partial charge in [-0.05, 0) is 31.2 Å². The van der Waals surface area contributed by atoms with E-state index in [1.165, 1.54) is 11.8 Å². The van der Waals surface area contributed by atoms with Crippen molar-refractivity contribution in [3.05, 3.63) is 60.2 Å². The molecule has 6 nitrogen and oxygen atoms in total. The van der Waals surface area contributed by atoms with Crippen molar-refractivity contribution >= 4 is 23.3 Å². The number of rotatable bonds is 7. The molecule has 2 rings (SSSR count). The molecule has 0 saturated carbocycles. The highest BCUT2D eigenvalue weighted by Crippen LogP contribution is 2.19. The maximum atomic E-state index is 12.8. The molecule has 1 amide bonds. The third-order valence-electron chi connectivity index (χ3n) is 3.83. The van der Waals surface area contributed by atoms with Gasteiger partial charge in [-0.25, -0.2) is 4.79 Å². The number of para-hydroxylation sites is 2. The molecule has 0 bridgehead atoms. The van der Waals surface area contributed by atoms with Crippen LogP contribution in [0.25, 0.3) is 0 Å². The maximum absolute atomic E-state index is 12.8. The fraction of sp³-hybridized carbons (Fsp3) is 0.250. The van der Waals surface area contributed by atoms with E-state index in [1.54, 1.807) is 43.4 Å². The first-order valence-corrected chi connectivity index (χ1v) is 8.29. The highest BCUT2D eigenvalue weighted by Gasteiger charge is 2.26. The normalized spacial score (nSPS) is 11.1. The number of hydrogen-bond acceptors (Lipinski definition) is 5. The second-order valence-corrected chi connectivity index (χ2v) is 5.58. The number of anilines is 2. The van der Waals surface area contributed by atoms with E-state index < -0.39 is 12.1 Å². The summed E-state index contributed by atoms with van der Waals surface area (Å²) in [6.07, 6.45) is -0.796. The van der Waals surface area contributed by atoms with Gasteiger partial charge < -0.3 is 15.0 Å². The molecule has 0 fully saturated rings. The first-order chi connectivity index (χ1) is 12.6. The number of carbonyl (C=O) groups is 2. The number of hydrogen-bond donors (Lipinski definition) is 1. The topological polar surface area (TPSA) is 82.4 Å². The van der Waals surface area contributed by atoms with Gasteiger partial charge in [0.25, 0.3) is 5.91 Å². The van der Waals surface area contributed by atoms with Gasteiger partial charge in [0.05, 0.1) is 18.1 Å². The minimum Gasteiger partial charge on any atom is -0.449 e. The summed E-state index contributed by atoms with van der Waals surface area (Å²) < 4.78 is 5.37. The van der Waals surface area contributed by atoms with Crippen LogP contribution in [0.3, 0.4) is 0 Å². The van der Waals surface area contributed by atoms with E-state index in [1.807, 2.05) is 24.3 Å². The van der Waals surface area contributed by atoms with Crippen molar-refractivity contribution in [3.63, 3.8) is 0 Å². The van der Waals surface area contributed by atoms with Gasteiger partial charge in [-0.2, -0.15) is 5.26 Å². The van der Waals surface area contributed by atoms with Gasteiger partial charge in [0.15, 0.2) is 6.10 Å². The third kappa shape index (κ3) is 4.61. The minimum atomic E-state index is -0.980. The van der Waals surface area contributed by atoms with Crippen LogP contribution in [0.5, 0.6) is 0 Å². The average Bonchev–Trinajstić information content (AvgIpc) is 2.68. The summed E-state index contributed by atoms with van der Waals surface area (Å²) in [5, 5.41) is 11.8. The fourth-order valence-electron chi connectivity index (χ4n) is 2.51. The third-order valence-corrected chi connectivity index (χ3v) is 3.83. The van der Waals surface area contributed by atoms with Crippen molar-refractivity contribution in [2.45, 2.75) is 19.4 Å². The van der Waals surface area contributed by atoms with E-state index in [0.29, 0.717) is 16.9 Å². The van der Waals surface area contributed by atoms with Crippen molar-refractivity contribution in [1.29, 1.82) is 5.26 Å². The number of amides is 1. The monoisotopic (exact) mass is 351 g/mol. The van der Waals surface area contributed by atoms with Gasteiger partial charge in [0, 0.05) is 25.0 Å². The molecule has 0 radical (unpaired) electrons. The average molecular weight is 351 g/mol. The van der Waals surface area contributed by atoms with Gasteiger partial charge >= 0.3 is 5.97 Å². The summed E-state index contributed by atoms with van der Waals surface area (Å²) in [5.74, 6) is -0.953. The SMILES string of the molecule is CNc1ccccc1C(=O)OC(C)C(=O)N(CCC#N)c1ccccc1. The molecule has 26 heavy (non-hydrogen) atoms. The van der Waals surface area contributed by atoms with Gasteiger partial charge in [-0.3, -0.25) is 4.79 Å². The Morgan fingerprint density at radius 3 is 2.46 bits per heavy atom. The molecule has 0 aromatic heterocycles. The van der Waals surface area contributed by atoms with Crippen LogP contribution in [0.2, 0.25) is 0 Å². The Labute approximate surface area is 153 Å². The minimum absolute atomic E-state index is 0.184. The van der Waals surface area contributed by atoms with Crippen LogP contribution >= 0.6 is 0 Å². The smallest absolute Gasteiger partial charge is 0.341 e. The zero-order chi connectivity index (χ0) is 18.9. The van der Waals surface area contributed by atoms with E-state index in [0.717, 1.165) is 0 Å². The lowest BCUT2D eigenvalue weighted by Gasteiger charge is -2.25. The van der Waals surface area contributed by atoms with Crippen molar-refractivity contribution in [3.8, 4) is 6.07 Å². The Hall–Kier alpha value is -3.33. The number of nitrogens with zero attached hydrogens (tertiary/aromatic N) is 2. The van der Waals surface area contributed by atoms with Gasteiger partial charge in [0.1, 0.15) is 0 Å². The molecule has 0 aliphatic heterocycles. The molecule has 1 unspecified atom stereocenters. The summed E-state index contributed by atoms with van der Waals surface area (Å²) in [7, 11) is 1.71. The summed E-state index contributed by atoms with van der Waals surface area (Å²) in [6, 6.07) is 18.0. The molecule has 2 aromatic rings. The fourth-order valence-corrected chi connectivity index (χ4v) is 2.51. The van der Waals surface area contributed by atoms with Gasteiger partial charge in [0.2, 0.25) is 0 Å². The lowest BCUT2D eigenvalue weighted by molar-refractivity contribution is -0.126. The van der Waals surface area contributed by atoms with Crippen molar-refractivity contribution in [2.24, 2.45) is 0 Å². The predicted molar refractivity (Wildman–Crippen MR) is 99.9 cm³/mol. The van der Waals surface area contributed by atoms with E-state index in [2.05, 4.69) is 5.32 Å². The number of benzene rings is 2. The molecule has 0 aliphatic rings. The lowest BCUT2D eigenvalue weighted by atomic mass is 10.2. The zero-order valence-electron chi connectivity index (χ0n) is 14.8. The lowest BCUT2D eigenvalue weighted by Crippen LogP contribution is -2.40. The van der Waals surface area contributed by atoms with Crippen molar-refractivity contribution in [1.82, 2.24) is 0 Å².